The van der Waals surface area contributed by atoms with E-state index >= 15 is 0 Å². The smallest absolute Gasteiger partial charge is 0.0643 e. The van der Waals surface area contributed by atoms with Crippen molar-refractivity contribution < 1.29 is 4.74 Å². The Balaban J connectivity index is 1.68. The molecule has 0 aromatic heterocycles. The van der Waals surface area contributed by atoms with E-state index in [0.29, 0.717) is 6.04 Å². The maximum atomic E-state index is 5.08. The van der Waals surface area contributed by atoms with Gasteiger partial charge in [-0.3, -0.25) is 0 Å². The van der Waals surface area contributed by atoms with Crippen molar-refractivity contribution in [3.8, 4) is 0 Å². The van der Waals surface area contributed by atoms with E-state index in [4.69, 9.17) is 4.74 Å². The Kier molecular flexibility index (Phi) is 1.91. The van der Waals surface area contributed by atoms with Gasteiger partial charge in [0.1, 0.15) is 0 Å². The Bertz CT molecular complexity index is 106. The van der Waals surface area contributed by atoms with Gasteiger partial charge in [-0.05, 0) is 12.8 Å². The summed E-state index contributed by atoms with van der Waals surface area (Å²) in [5, 5.41) is 3.59. The number of ether oxygens (including phenoxy) is 1. The van der Waals surface area contributed by atoms with Crippen LogP contribution in [0, 0.1) is 0 Å². The summed E-state index contributed by atoms with van der Waals surface area (Å²) in [5.41, 5.74) is 0. The molecule has 1 aliphatic carbocycles. The summed E-state index contributed by atoms with van der Waals surface area (Å²) in [5.74, 6) is 0. The lowest BCUT2D eigenvalue weighted by Gasteiger charge is -2.29. The molecule has 0 amide bonds. The Hall–Kier alpha value is -0.0800. The van der Waals surface area contributed by atoms with Crippen LogP contribution in [0.15, 0.2) is 0 Å². The number of nitrogens with one attached hydrogen (secondary N) is 1. The van der Waals surface area contributed by atoms with E-state index in [9.17, 15) is 0 Å². The average molecular weight is 141 g/mol. The first-order valence-corrected chi connectivity index (χ1v) is 4.29. The van der Waals surface area contributed by atoms with Crippen molar-refractivity contribution in [3.05, 3.63) is 0 Å². The van der Waals surface area contributed by atoms with Gasteiger partial charge in [0.05, 0.1) is 19.3 Å². The van der Waals surface area contributed by atoms with E-state index in [1.54, 1.807) is 0 Å². The molecule has 0 aromatic rings. The van der Waals surface area contributed by atoms with Crippen LogP contribution >= 0.6 is 0 Å². The lowest BCUT2D eigenvalue weighted by Crippen LogP contribution is -2.49. The van der Waals surface area contributed by atoms with E-state index in [1.807, 2.05) is 0 Å². The first-order chi connectivity index (χ1) is 4.95. The Morgan fingerprint density at radius 3 is 2.20 bits per heavy atom. The summed E-state index contributed by atoms with van der Waals surface area (Å²) in [7, 11) is 0. The predicted octanol–water partition coefficient (Wildman–Crippen LogP) is 0.917. The lowest BCUT2D eigenvalue weighted by molar-refractivity contribution is -0.00963. The van der Waals surface area contributed by atoms with Crippen molar-refractivity contribution in [2.75, 3.05) is 13.2 Å². The molecular weight excluding hydrogens is 126 g/mol. The molecular formula is C8H15NO. The molecule has 2 heteroatoms. The zero-order valence-electron chi connectivity index (χ0n) is 6.31. The summed E-state index contributed by atoms with van der Waals surface area (Å²) < 4.78 is 5.08. The molecule has 2 fully saturated rings. The van der Waals surface area contributed by atoms with Gasteiger partial charge in [0, 0.05) is 6.04 Å². The summed E-state index contributed by atoms with van der Waals surface area (Å²) in [6.45, 7) is 1.88. The van der Waals surface area contributed by atoms with E-state index in [0.717, 1.165) is 19.3 Å². The molecule has 2 rings (SSSR count). The van der Waals surface area contributed by atoms with Gasteiger partial charge < -0.3 is 10.1 Å². The second-order valence-corrected chi connectivity index (χ2v) is 3.38. The third-order valence-corrected chi connectivity index (χ3v) is 2.46. The maximum Gasteiger partial charge on any atom is 0.0643 e. The SMILES string of the molecule is C1CCC(NC2COC2)C1. The highest BCUT2D eigenvalue weighted by atomic mass is 16.5. The van der Waals surface area contributed by atoms with Crippen molar-refractivity contribution in [3.63, 3.8) is 0 Å². The van der Waals surface area contributed by atoms with E-state index in [1.165, 1.54) is 25.7 Å². The quantitative estimate of drug-likeness (QED) is 0.617. The van der Waals surface area contributed by atoms with Crippen LogP contribution in [0.4, 0.5) is 0 Å². The fourth-order valence-electron chi connectivity index (χ4n) is 1.76. The molecule has 0 radical (unpaired) electrons. The van der Waals surface area contributed by atoms with E-state index in [2.05, 4.69) is 5.32 Å². The van der Waals surface area contributed by atoms with E-state index in [-0.39, 0.29) is 0 Å². The Morgan fingerprint density at radius 2 is 1.70 bits per heavy atom. The third-order valence-electron chi connectivity index (χ3n) is 2.46. The largest absolute Gasteiger partial charge is 0.378 e. The van der Waals surface area contributed by atoms with Crippen LogP contribution in [0.3, 0.4) is 0 Å². The first kappa shape index (κ1) is 6.62. The van der Waals surface area contributed by atoms with Crippen LogP contribution in [0.25, 0.3) is 0 Å². The van der Waals surface area contributed by atoms with Gasteiger partial charge >= 0.3 is 0 Å². The number of rotatable bonds is 2. The van der Waals surface area contributed by atoms with Crippen LogP contribution in [0.2, 0.25) is 0 Å². The highest BCUT2D eigenvalue weighted by molar-refractivity contribution is 4.81. The zero-order valence-corrected chi connectivity index (χ0v) is 6.31. The molecule has 10 heavy (non-hydrogen) atoms. The van der Waals surface area contributed by atoms with Crippen molar-refractivity contribution in [2.45, 2.75) is 37.8 Å². The van der Waals surface area contributed by atoms with Crippen molar-refractivity contribution in [1.29, 1.82) is 0 Å². The van der Waals surface area contributed by atoms with Crippen molar-refractivity contribution in [1.82, 2.24) is 5.32 Å². The number of hydrogen-bond acceptors (Lipinski definition) is 2. The average Bonchev–Trinajstić information content (AvgIpc) is 2.29. The molecule has 1 aliphatic heterocycles. The van der Waals surface area contributed by atoms with Gasteiger partial charge in [-0.25, -0.2) is 0 Å². The monoisotopic (exact) mass is 141 g/mol. The molecule has 0 bridgehead atoms. The maximum absolute atomic E-state index is 5.08. The highest BCUT2D eigenvalue weighted by Crippen LogP contribution is 2.19. The molecule has 0 aromatic carbocycles. The number of hydrogen-bond donors (Lipinski definition) is 1. The molecule has 0 unspecified atom stereocenters. The topological polar surface area (TPSA) is 21.3 Å². The molecule has 0 spiro atoms. The van der Waals surface area contributed by atoms with Gasteiger partial charge in [-0.2, -0.15) is 0 Å². The highest BCUT2D eigenvalue weighted by Gasteiger charge is 2.23. The van der Waals surface area contributed by atoms with Gasteiger partial charge in [0.15, 0.2) is 0 Å². The van der Waals surface area contributed by atoms with Crippen LogP contribution in [0.1, 0.15) is 25.7 Å². The normalized spacial score (nSPS) is 28.8. The second-order valence-electron chi connectivity index (χ2n) is 3.38. The van der Waals surface area contributed by atoms with Gasteiger partial charge in [-0.15, -0.1) is 0 Å². The van der Waals surface area contributed by atoms with Crippen LogP contribution in [-0.4, -0.2) is 25.3 Å². The van der Waals surface area contributed by atoms with Gasteiger partial charge in [0.25, 0.3) is 0 Å². The predicted molar refractivity (Wildman–Crippen MR) is 40.0 cm³/mol. The molecule has 1 saturated carbocycles. The van der Waals surface area contributed by atoms with Gasteiger partial charge in [-0.1, -0.05) is 12.8 Å². The minimum Gasteiger partial charge on any atom is -0.378 e. The van der Waals surface area contributed by atoms with Gasteiger partial charge in [0.2, 0.25) is 0 Å². The summed E-state index contributed by atoms with van der Waals surface area (Å²) in [4.78, 5) is 0. The summed E-state index contributed by atoms with van der Waals surface area (Å²) in [6, 6.07) is 1.50. The minimum absolute atomic E-state index is 0.683. The first-order valence-electron chi connectivity index (χ1n) is 4.29. The standard InChI is InChI=1S/C8H15NO/c1-2-4-7(3-1)9-8-5-10-6-8/h7-9H,1-6H2. The Morgan fingerprint density at radius 1 is 1.00 bits per heavy atom. The zero-order chi connectivity index (χ0) is 6.81. The molecule has 2 nitrogen and oxygen atoms in total. The molecule has 1 saturated heterocycles. The fraction of sp³-hybridized carbons (Fsp3) is 1.00. The van der Waals surface area contributed by atoms with Crippen LogP contribution in [0.5, 0.6) is 0 Å². The Labute approximate surface area is 61.9 Å². The van der Waals surface area contributed by atoms with E-state index < -0.39 is 0 Å². The fourth-order valence-corrected chi connectivity index (χ4v) is 1.76. The molecule has 1 heterocycles. The van der Waals surface area contributed by atoms with Crippen LogP contribution in [-0.2, 0) is 4.74 Å². The lowest BCUT2D eigenvalue weighted by atomic mass is 10.2. The molecule has 58 valence electrons. The third kappa shape index (κ3) is 1.32. The summed E-state index contributed by atoms with van der Waals surface area (Å²) in [6.07, 6.45) is 5.61. The molecule has 1 N–H and O–H groups in total. The second kappa shape index (κ2) is 2.89. The van der Waals surface area contributed by atoms with Crippen molar-refractivity contribution >= 4 is 0 Å². The van der Waals surface area contributed by atoms with Crippen LogP contribution < -0.4 is 5.32 Å². The molecule has 2 aliphatic rings. The molecule has 0 atom stereocenters. The van der Waals surface area contributed by atoms with Crippen molar-refractivity contribution in [2.24, 2.45) is 0 Å². The minimum atomic E-state index is 0.683. The summed E-state index contributed by atoms with van der Waals surface area (Å²) >= 11 is 0.